The first-order valence-corrected chi connectivity index (χ1v) is 7.52. The quantitative estimate of drug-likeness (QED) is 0.872. The number of benzene rings is 1. The zero-order valence-corrected chi connectivity index (χ0v) is 12.1. The van der Waals surface area contributed by atoms with Gasteiger partial charge in [-0.2, -0.15) is 0 Å². The summed E-state index contributed by atoms with van der Waals surface area (Å²) in [7, 11) is 0. The molecule has 1 fully saturated rings. The molecule has 2 nitrogen and oxygen atoms in total. The molecule has 0 amide bonds. The molecule has 0 radical (unpaired) electrons. The Hall–Kier alpha value is -1.09. The summed E-state index contributed by atoms with van der Waals surface area (Å²) in [4.78, 5) is 2.26. The average Bonchev–Trinajstić information content (AvgIpc) is 2.45. The molecule has 1 aliphatic rings. The van der Waals surface area contributed by atoms with Crippen LogP contribution in [0.15, 0.2) is 18.2 Å². The lowest BCUT2D eigenvalue weighted by molar-refractivity contribution is 0.443. The highest BCUT2D eigenvalue weighted by molar-refractivity contribution is 5.50. The number of nitrogens with zero attached hydrogens (tertiary/aromatic N) is 1. The van der Waals surface area contributed by atoms with Crippen LogP contribution in [0.2, 0.25) is 0 Å². The number of hydrogen-bond acceptors (Lipinski definition) is 2. The minimum absolute atomic E-state index is 0.0734. The smallest absolute Gasteiger partial charge is 0.146 e. The number of hydrogen-bond donors (Lipinski definition) is 1. The van der Waals surface area contributed by atoms with E-state index < -0.39 is 0 Å². The second-order valence-electron chi connectivity index (χ2n) is 5.32. The third kappa shape index (κ3) is 3.47. The van der Waals surface area contributed by atoms with Gasteiger partial charge in [0.25, 0.3) is 0 Å². The van der Waals surface area contributed by atoms with Crippen molar-refractivity contribution in [1.29, 1.82) is 0 Å². The van der Waals surface area contributed by atoms with Gasteiger partial charge in [-0.15, -0.1) is 0 Å². The van der Waals surface area contributed by atoms with Crippen molar-refractivity contribution in [1.82, 2.24) is 5.32 Å². The van der Waals surface area contributed by atoms with E-state index in [0.29, 0.717) is 6.04 Å². The van der Waals surface area contributed by atoms with Gasteiger partial charge in [0.1, 0.15) is 5.82 Å². The molecule has 1 aliphatic heterocycles. The van der Waals surface area contributed by atoms with Gasteiger partial charge in [-0.05, 0) is 49.9 Å². The fourth-order valence-corrected chi connectivity index (χ4v) is 2.90. The normalized spacial score (nSPS) is 19.7. The van der Waals surface area contributed by atoms with Gasteiger partial charge in [-0.1, -0.05) is 19.9 Å². The zero-order chi connectivity index (χ0) is 13.7. The SMILES string of the molecule is CCNCc1ccc(N2CCCCC2CC)c(F)c1. The predicted molar refractivity (Wildman–Crippen MR) is 79.1 cm³/mol. The number of anilines is 1. The van der Waals surface area contributed by atoms with Crippen molar-refractivity contribution in [2.45, 2.75) is 52.1 Å². The minimum Gasteiger partial charge on any atom is -0.366 e. The van der Waals surface area contributed by atoms with Crippen LogP contribution in [0.4, 0.5) is 10.1 Å². The Morgan fingerprint density at radius 3 is 2.84 bits per heavy atom. The molecule has 1 unspecified atom stereocenters. The summed E-state index contributed by atoms with van der Waals surface area (Å²) in [5.74, 6) is -0.0734. The lowest BCUT2D eigenvalue weighted by Gasteiger charge is -2.37. The maximum absolute atomic E-state index is 14.3. The fraction of sp³-hybridized carbons (Fsp3) is 0.625. The van der Waals surface area contributed by atoms with E-state index in [2.05, 4.69) is 24.1 Å². The molecule has 0 spiro atoms. The highest BCUT2D eigenvalue weighted by atomic mass is 19.1. The largest absolute Gasteiger partial charge is 0.366 e. The van der Waals surface area contributed by atoms with Gasteiger partial charge < -0.3 is 10.2 Å². The van der Waals surface area contributed by atoms with Gasteiger partial charge in [-0.3, -0.25) is 0 Å². The Bertz CT molecular complexity index is 406. The highest BCUT2D eigenvalue weighted by Gasteiger charge is 2.23. The number of piperidine rings is 1. The van der Waals surface area contributed by atoms with Crippen molar-refractivity contribution >= 4 is 5.69 Å². The van der Waals surface area contributed by atoms with E-state index in [1.54, 1.807) is 6.07 Å². The van der Waals surface area contributed by atoms with E-state index in [1.165, 1.54) is 19.3 Å². The standard InChI is InChI=1S/C16H25FN2/c1-3-14-7-5-6-10-19(14)16-9-8-13(11-15(16)17)12-18-4-2/h8-9,11,14,18H,3-7,10,12H2,1-2H3. The molecular weight excluding hydrogens is 239 g/mol. The molecule has 0 bridgehead atoms. The van der Waals surface area contributed by atoms with Gasteiger partial charge in [-0.25, -0.2) is 4.39 Å². The average molecular weight is 264 g/mol. The summed E-state index contributed by atoms with van der Waals surface area (Å²) in [6.45, 7) is 6.89. The van der Waals surface area contributed by atoms with Crippen LogP contribution in [-0.2, 0) is 6.54 Å². The summed E-state index contributed by atoms with van der Waals surface area (Å²) >= 11 is 0. The minimum atomic E-state index is -0.0734. The highest BCUT2D eigenvalue weighted by Crippen LogP contribution is 2.29. The summed E-state index contributed by atoms with van der Waals surface area (Å²) in [6.07, 6.45) is 4.73. The van der Waals surface area contributed by atoms with Gasteiger partial charge in [0.15, 0.2) is 0 Å². The summed E-state index contributed by atoms with van der Waals surface area (Å²) in [5, 5.41) is 3.23. The van der Waals surface area contributed by atoms with E-state index in [0.717, 1.165) is 37.3 Å². The van der Waals surface area contributed by atoms with Crippen LogP contribution < -0.4 is 10.2 Å². The number of nitrogens with one attached hydrogen (secondary N) is 1. The third-order valence-electron chi connectivity index (χ3n) is 4.00. The first-order valence-electron chi connectivity index (χ1n) is 7.52. The monoisotopic (exact) mass is 264 g/mol. The van der Waals surface area contributed by atoms with Crippen molar-refractivity contribution in [3.8, 4) is 0 Å². The molecule has 1 N–H and O–H groups in total. The van der Waals surface area contributed by atoms with Gasteiger partial charge in [0.2, 0.25) is 0 Å². The number of rotatable bonds is 5. The van der Waals surface area contributed by atoms with Crippen LogP contribution in [-0.4, -0.2) is 19.1 Å². The molecule has 1 aromatic carbocycles. The van der Waals surface area contributed by atoms with Crippen LogP contribution in [0.3, 0.4) is 0 Å². The molecule has 1 heterocycles. The molecule has 106 valence electrons. The Kier molecular flexibility index (Phi) is 5.20. The molecule has 1 atom stereocenters. The molecular formula is C16H25FN2. The second-order valence-corrected chi connectivity index (χ2v) is 5.32. The topological polar surface area (TPSA) is 15.3 Å². The molecule has 0 aliphatic carbocycles. The van der Waals surface area contributed by atoms with E-state index >= 15 is 0 Å². The molecule has 0 saturated carbocycles. The first-order chi connectivity index (χ1) is 9.26. The lowest BCUT2D eigenvalue weighted by Crippen LogP contribution is -2.39. The van der Waals surface area contributed by atoms with Crippen LogP contribution in [0.1, 0.15) is 45.1 Å². The number of halogens is 1. The maximum Gasteiger partial charge on any atom is 0.146 e. The zero-order valence-electron chi connectivity index (χ0n) is 12.1. The van der Waals surface area contributed by atoms with Crippen molar-refractivity contribution < 1.29 is 4.39 Å². The Balaban J connectivity index is 2.14. The second kappa shape index (κ2) is 6.90. The first kappa shape index (κ1) is 14.3. The molecule has 1 aromatic rings. The van der Waals surface area contributed by atoms with Crippen molar-refractivity contribution in [3.05, 3.63) is 29.6 Å². The van der Waals surface area contributed by atoms with Crippen molar-refractivity contribution in [3.63, 3.8) is 0 Å². The van der Waals surface area contributed by atoms with E-state index in [4.69, 9.17) is 0 Å². The third-order valence-corrected chi connectivity index (χ3v) is 4.00. The fourth-order valence-electron chi connectivity index (χ4n) is 2.90. The summed E-state index contributed by atoms with van der Waals surface area (Å²) in [5.41, 5.74) is 1.81. The maximum atomic E-state index is 14.3. The van der Waals surface area contributed by atoms with Crippen LogP contribution >= 0.6 is 0 Å². The summed E-state index contributed by atoms with van der Waals surface area (Å²) in [6, 6.07) is 6.18. The molecule has 3 heteroatoms. The van der Waals surface area contributed by atoms with Crippen LogP contribution in [0.5, 0.6) is 0 Å². The van der Waals surface area contributed by atoms with E-state index in [1.807, 2.05) is 12.1 Å². The van der Waals surface area contributed by atoms with Gasteiger partial charge in [0, 0.05) is 19.1 Å². The predicted octanol–water partition coefficient (Wildman–Crippen LogP) is 3.70. The molecule has 1 saturated heterocycles. The van der Waals surface area contributed by atoms with E-state index in [-0.39, 0.29) is 5.82 Å². The Morgan fingerprint density at radius 2 is 2.16 bits per heavy atom. The Morgan fingerprint density at radius 1 is 1.32 bits per heavy atom. The van der Waals surface area contributed by atoms with E-state index in [9.17, 15) is 4.39 Å². The molecule has 2 rings (SSSR count). The van der Waals surface area contributed by atoms with Gasteiger partial charge in [0.05, 0.1) is 5.69 Å². The van der Waals surface area contributed by atoms with Crippen LogP contribution in [0, 0.1) is 5.82 Å². The lowest BCUT2D eigenvalue weighted by atomic mass is 9.99. The summed E-state index contributed by atoms with van der Waals surface area (Å²) < 4.78 is 14.3. The molecule has 0 aromatic heterocycles. The van der Waals surface area contributed by atoms with Crippen molar-refractivity contribution in [2.75, 3.05) is 18.0 Å². The van der Waals surface area contributed by atoms with Gasteiger partial charge >= 0.3 is 0 Å². The molecule has 19 heavy (non-hydrogen) atoms. The van der Waals surface area contributed by atoms with Crippen molar-refractivity contribution in [2.24, 2.45) is 0 Å². The van der Waals surface area contributed by atoms with Crippen LogP contribution in [0.25, 0.3) is 0 Å². The Labute approximate surface area is 116 Å².